The summed E-state index contributed by atoms with van der Waals surface area (Å²) in [5, 5.41) is 0. The minimum atomic E-state index is -0.200. The van der Waals surface area contributed by atoms with Gasteiger partial charge in [-0.05, 0) is 51.1 Å². The quantitative estimate of drug-likeness (QED) is 0.606. The first-order valence-electron chi connectivity index (χ1n) is 8.49. The largest absolute Gasteiger partial charge is 0.486 e. The first kappa shape index (κ1) is 16.8. The van der Waals surface area contributed by atoms with Crippen molar-refractivity contribution in [3.05, 3.63) is 23.8 Å². The number of likely N-dealkylation sites (tertiary alicyclic amines) is 1. The lowest BCUT2D eigenvalue weighted by Gasteiger charge is -2.30. The maximum Gasteiger partial charge on any atom is 0.320 e. The van der Waals surface area contributed by atoms with Gasteiger partial charge in [0.1, 0.15) is 13.2 Å². The molecular formula is C18H23NO5. The molecule has 130 valence electrons. The zero-order valence-corrected chi connectivity index (χ0v) is 14.0. The molecule has 2 heterocycles. The van der Waals surface area contributed by atoms with Crippen LogP contribution < -0.4 is 9.47 Å². The average Bonchev–Trinajstić information content (AvgIpc) is 2.61. The maximum absolute atomic E-state index is 12.7. The molecule has 3 rings (SSSR count). The van der Waals surface area contributed by atoms with Crippen LogP contribution in [0.1, 0.15) is 30.1 Å². The Morgan fingerprint density at radius 1 is 1.17 bits per heavy atom. The fourth-order valence-electron chi connectivity index (χ4n) is 3.17. The van der Waals surface area contributed by atoms with Gasteiger partial charge in [-0.3, -0.25) is 14.5 Å². The number of piperidine rings is 1. The minimum Gasteiger partial charge on any atom is -0.486 e. The SMILES string of the molecule is CCOC(=O)CN1CCC(C(=O)c2ccc3c(c2)OCCO3)CC1. The van der Waals surface area contributed by atoms with Crippen molar-refractivity contribution in [3.63, 3.8) is 0 Å². The summed E-state index contributed by atoms with van der Waals surface area (Å²) in [6.07, 6.45) is 1.51. The fraction of sp³-hybridized carbons (Fsp3) is 0.556. The number of nitrogens with zero attached hydrogens (tertiary/aromatic N) is 1. The van der Waals surface area contributed by atoms with E-state index in [0.717, 1.165) is 25.9 Å². The van der Waals surface area contributed by atoms with Crippen molar-refractivity contribution < 1.29 is 23.8 Å². The minimum absolute atomic E-state index is 0.00833. The van der Waals surface area contributed by atoms with Gasteiger partial charge >= 0.3 is 5.97 Å². The average molecular weight is 333 g/mol. The molecule has 0 saturated carbocycles. The van der Waals surface area contributed by atoms with E-state index < -0.39 is 0 Å². The normalized spacial score (nSPS) is 18.2. The summed E-state index contributed by atoms with van der Waals surface area (Å²) < 4.78 is 16.0. The Kier molecular flexibility index (Phi) is 5.35. The Morgan fingerprint density at radius 3 is 2.58 bits per heavy atom. The van der Waals surface area contributed by atoms with Crippen LogP contribution in [-0.4, -0.2) is 56.1 Å². The smallest absolute Gasteiger partial charge is 0.320 e. The van der Waals surface area contributed by atoms with Crippen molar-refractivity contribution in [2.75, 3.05) is 39.5 Å². The molecule has 0 atom stereocenters. The van der Waals surface area contributed by atoms with E-state index in [0.29, 0.717) is 43.4 Å². The van der Waals surface area contributed by atoms with Crippen LogP contribution >= 0.6 is 0 Å². The van der Waals surface area contributed by atoms with Crippen molar-refractivity contribution >= 4 is 11.8 Å². The summed E-state index contributed by atoms with van der Waals surface area (Å²) >= 11 is 0. The van der Waals surface area contributed by atoms with Gasteiger partial charge in [0.25, 0.3) is 0 Å². The third-order valence-electron chi connectivity index (χ3n) is 4.44. The highest BCUT2D eigenvalue weighted by atomic mass is 16.6. The van der Waals surface area contributed by atoms with Crippen molar-refractivity contribution in [1.29, 1.82) is 0 Å². The number of rotatable bonds is 5. The molecule has 6 nitrogen and oxygen atoms in total. The van der Waals surface area contributed by atoms with E-state index in [-0.39, 0.29) is 17.7 Å². The Bertz CT molecular complexity index is 607. The van der Waals surface area contributed by atoms with Crippen LogP contribution in [-0.2, 0) is 9.53 Å². The Morgan fingerprint density at radius 2 is 1.88 bits per heavy atom. The summed E-state index contributed by atoms with van der Waals surface area (Å²) in [6.45, 7) is 5.03. The van der Waals surface area contributed by atoms with E-state index in [1.165, 1.54) is 0 Å². The standard InChI is InChI=1S/C18H23NO5/c1-2-22-17(20)12-19-7-5-13(6-8-19)18(21)14-3-4-15-16(11-14)24-10-9-23-15/h3-4,11,13H,2,5-10,12H2,1H3. The lowest BCUT2D eigenvalue weighted by molar-refractivity contribution is -0.144. The predicted octanol–water partition coefficient (Wildman–Crippen LogP) is 1.92. The van der Waals surface area contributed by atoms with Crippen LogP contribution in [0.5, 0.6) is 11.5 Å². The Hall–Kier alpha value is -2.08. The monoisotopic (exact) mass is 333 g/mol. The molecule has 1 saturated heterocycles. The van der Waals surface area contributed by atoms with E-state index in [4.69, 9.17) is 14.2 Å². The molecule has 2 aliphatic heterocycles. The summed E-state index contributed by atoms with van der Waals surface area (Å²) in [4.78, 5) is 26.3. The number of hydrogen-bond acceptors (Lipinski definition) is 6. The van der Waals surface area contributed by atoms with E-state index in [1.807, 2.05) is 4.90 Å². The molecule has 0 aliphatic carbocycles. The highest BCUT2D eigenvalue weighted by Crippen LogP contribution is 2.32. The number of benzene rings is 1. The summed E-state index contributed by atoms with van der Waals surface area (Å²) in [5.41, 5.74) is 0.670. The van der Waals surface area contributed by atoms with Crippen LogP contribution in [0.3, 0.4) is 0 Å². The summed E-state index contributed by atoms with van der Waals surface area (Å²) in [5.74, 6) is 1.27. The second kappa shape index (κ2) is 7.66. The van der Waals surface area contributed by atoms with Crippen molar-refractivity contribution in [2.24, 2.45) is 5.92 Å². The van der Waals surface area contributed by atoms with Crippen LogP contribution in [0.15, 0.2) is 18.2 Å². The van der Waals surface area contributed by atoms with Gasteiger partial charge in [0.15, 0.2) is 17.3 Å². The predicted molar refractivity (Wildman–Crippen MR) is 87.6 cm³/mol. The Balaban J connectivity index is 1.56. The zero-order chi connectivity index (χ0) is 16.9. The van der Waals surface area contributed by atoms with Gasteiger partial charge < -0.3 is 14.2 Å². The highest BCUT2D eigenvalue weighted by Gasteiger charge is 2.27. The molecule has 0 amide bonds. The third-order valence-corrected chi connectivity index (χ3v) is 4.44. The molecule has 24 heavy (non-hydrogen) atoms. The molecule has 0 spiro atoms. The van der Waals surface area contributed by atoms with E-state index >= 15 is 0 Å². The number of hydrogen-bond donors (Lipinski definition) is 0. The van der Waals surface area contributed by atoms with E-state index in [9.17, 15) is 9.59 Å². The molecule has 1 aromatic carbocycles. The molecule has 0 bridgehead atoms. The first-order chi connectivity index (χ1) is 11.7. The number of ketones is 1. The highest BCUT2D eigenvalue weighted by molar-refractivity contribution is 5.98. The lowest BCUT2D eigenvalue weighted by Crippen LogP contribution is -2.39. The molecule has 1 aromatic rings. The number of carbonyl (C=O) groups is 2. The third kappa shape index (κ3) is 3.87. The lowest BCUT2D eigenvalue weighted by atomic mass is 9.88. The van der Waals surface area contributed by atoms with E-state index in [2.05, 4.69) is 0 Å². The summed E-state index contributed by atoms with van der Waals surface area (Å²) in [6, 6.07) is 5.39. The van der Waals surface area contributed by atoms with Gasteiger partial charge in [0.05, 0.1) is 13.2 Å². The molecule has 1 fully saturated rings. The molecular weight excluding hydrogens is 310 g/mol. The molecule has 0 unspecified atom stereocenters. The second-order valence-corrected chi connectivity index (χ2v) is 6.08. The van der Waals surface area contributed by atoms with Crippen molar-refractivity contribution in [2.45, 2.75) is 19.8 Å². The van der Waals surface area contributed by atoms with Crippen molar-refractivity contribution in [1.82, 2.24) is 4.90 Å². The number of fused-ring (bicyclic) bond motifs is 1. The molecule has 0 N–H and O–H groups in total. The topological polar surface area (TPSA) is 65.1 Å². The second-order valence-electron chi connectivity index (χ2n) is 6.08. The van der Waals surface area contributed by atoms with Gasteiger partial charge in [0, 0.05) is 11.5 Å². The maximum atomic E-state index is 12.7. The van der Waals surface area contributed by atoms with Crippen LogP contribution in [0.4, 0.5) is 0 Å². The molecule has 6 heteroatoms. The van der Waals surface area contributed by atoms with Gasteiger partial charge in [-0.25, -0.2) is 0 Å². The molecule has 0 aromatic heterocycles. The van der Waals surface area contributed by atoms with Gasteiger partial charge in [-0.1, -0.05) is 0 Å². The molecule has 2 aliphatic rings. The molecule has 0 radical (unpaired) electrons. The van der Waals surface area contributed by atoms with Crippen LogP contribution in [0.2, 0.25) is 0 Å². The summed E-state index contributed by atoms with van der Waals surface area (Å²) in [7, 11) is 0. The van der Waals surface area contributed by atoms with Gasteiger partial charge in [-0.15, -0.1) is 0 Å². The Labute approximate surface area is 141 Å². The van der Waals surface area contributed by atoms with Crippen molar-refractivity contribution in [3.8, 4) is 11.5 Å². The number of Topliss-reactive ketones (excluding diaryl/α,β-unsaturated/α-hetero) is 1. The van der Waals surface area contributed by atoms with Crippen LogP contribution in [0, 0.1) is 5.92 Å². The van der Waals surface area contributed by atoms with Gasteiger partial charge in [0.2, 0.25) is 0 Å². The number of ether oxygens (including phenoxy) is 3. The fourth-order valence-corrected chi connectivity index (χ4v) is 3.17. The first-order valence-corrected chi connectivity index (χ1v) is 8.49. The number of carbonyl (C=O) groups excluding carboxylic acids is 2. The van der Waals surface area contributed by atoms with Crippen LogP contribution in [0.25, 0.3) is 0 Å². The van der Waals surface area contributed by atoms with E-state index in [1.54, 1.807) is 25.1 Å². The zero-order valence-electron chi connectivity index (χ0n) is 14.0. The number of esters is 1. The van der Waals surface area contributed by atoms with Gasteiger partial charge in [-0.2, -0.15) is 0 Å².